The molecular weight excluding hydrogens is 347 g/mol. The number of benzene rings is 2. The van der Waals surface area contributed by atoms with E-state index in [4.69, 9.17) is 0 Å². The lowest BCUT2D eigenvalue weighted by Gasteiger charge is -2.18. The number of halogens is 4. The predicted octanol–water partition coefficient (Wildman–Crippen LogP) is 4.14. The summed E-state index contributed by atoms with van der Waals surface area (Å²) in [5.74, 6) is -2.68. The number of rotatable bonds is 3. The lowest BCUT2D eigenvalue weighted by Crippen LogP contribution is -2.27. The van der Waals surface area contributed by atoms with Crippen molar-refractivity contribution in [2.24, 2.45) is 0 Å². The van der Waals surface area contributed by atoms with Gasteiger partial charge in [0.1, 0.15) is 17.5 Å². The zero-order chi connectivity index (χ0) is 15.6. The van der Waals surface area contributed by atoms with Crippen molar-refractivity contribution in [2.45, 2.75) is 6.54 Å². The second-order valence-corrected chi connectivity index (χ2v) is 5.44. The van der Waals surface area contributed by atoms with Crippen LogP contribution in [0.3, 0.4) is 0 Å². The molecule has 0 fully saturated rings. The Morgan fingerprint density at radius 2 is 1.81 bits per heavy atom. The van der Waals surface area contributed by atoms with E-state index in [0.717, 1.165) is 12.1 Å². The Hall–Kier alpha value is -1.82. The Morgan fingerprint density at radius 1 is 1.10 bits per heavy atom. The highest BCUT2D eigenvalue weighted by atomic mass is 79.9. The van der Waals surface area contributed by atoms with Crippen molar-refractivity contribution in [1.82, 2.24) is 4.90 Å². The number of amides is 1. The molecule has 1 amide bonds. The highest BCUT2D eigenvalue weighted by Crippen LogP contribution is 2.18. The van der Waals surface area contributed by atoms with Crippen LogP contribution in [0.5, 0.6) is 0 Å². The minimum Gasteiger partial charge on any atom is -0.337 e. The van der Waals surface area contributed by atoms with Crippen molar-refractivity contribution < 1.29 is 18.0 Å². The van der Waals surface area contributed by atoms with Crippen molar-refractivity contribution in [1.29, 1.82) is 0 Å². The van der Waals surface area contributed by atoms with Crippen LogP contribution in [0.25, 0.3) is 0 Å². The van der Waals surface area contributed by atoms with Crippen LogP contribution in [0.4, 0.5) is 13.2 Å². The van der Waals surface area contributed by atoms with E-state index in [9.17, 15) is 18.0 Å². The van der Waals surface area contributed by atoms with E-state index >= 15 is 0 Å². The van der Waals surface area contributed by atoms with E-state index in [2.05, 4.69) is 15.9 Å². The Bertz CT molecular complexity index is 691. The van der Waals surface area contributed by atoms with Gasteiger partial charge in [-0.05, 0) is 24.3 Å². The summed E-state index contributed by atoms with van der Waals surface area (Å²) in [4.78, 5) is 13.3. The van der Waals surface area contributed by atoms with Crippen LogP contribution in [0.2, 0.25) is 0 Å². The van der Waals surface area contributed by atoms with E-state index in [1.807, 2.05) is 0 Å². The fourth-order valence-electron chi connectivity index (χ4n) is 1.85. The first-order valence-electron chi connectivity index (χ1n) is 6.03. The molecule has 0 bridgehead atoms. The summed E-state index contributed by atoms with van der Waals surface area (Å²) in [6.07, 6.45) is 0. The van der Waals surface area contributed by atoms with Crippen molar-refractivity contribution in [2.75, 3.05) is 7.05 Å². The summed E-state index contributed by atoms with van der Waals surface area (Å²) in [5.41, 5.74) is 0.0491. The molecule has 0 saturated carbocycles. The first-order valence-corrected chi connectivity index (χ1v) is 6.82. The van der Waals surface area contributed by atoms with E-state index in [1.165, 1.54) is 30.1 Å². The average Bonchev–Trinajstić information content (AvgIpc) is 2.41. The minimum atomic E-state index is -0.745. The van der Waals surface area contributed by atoms with Gasteiger partial charge in [-0.2, -0.15) is 0 Å². The molecule has 0 aliphatic carbocycles. The van der Waals surface area contributed by atoms with E-state index in [-0.39, 0.29) is 17.7 Å². The predicted molar refractivity (Wildman–Crippen MR) is 76.3 cm³/mol. The van der Waals surface area contributed by atoms with Gasteiger partial charge in [-0.25, -0.2) is 13.2 Å². The van der Waals surface area contributed by atoms with Gasteiger partial charge in [0.25, 0.3) is 5.91 Å². The van der Waals surface area contributed by atoms with Crippen molar-refractivity contribution >= 4 is 21.8 Å². The molecule has 110 valence electrons. The fourth-order valence-corrected chi connectivity index (χ4v) is 2.18. The monoisotopic (exact) mass is 357 g/mol. The van der Waals surface area contributed by atoms with Gasteiger partial charge in [-0.15, -0.1) is 0 Å². The van der Waals surface area contributed by atoms with Gasteiger partial charge in [-0.1, -0.05) is 22.0 Å². The van der Waals surface area contributed by atoms with Gasteiger partial charge in [0.05, 0.1) is 5.56 Å². The SMILES string of the molecule is CN(Cc1ccc(F)cc1F)C(=O)c1ccc(Br)cc1F. The highest BCUT2D eigenvalue weighted by molar-refractivity contribution is 9.10. The molecule has 2 aromatic rings. The van der Waals surface area contributed by atoms with E-state index in [1.54, 1.807) is 6.07 Å². The third kappa shape index (κ3) is 3.64. The lowest BCUT2D eigenvalue weighted by atomic mass is 10.1. The number of carbonyl (C=O) groups is 1. The average molecular weight is 358 g/mol. The van der Waals surface area contributed by atoms with Gasteiger partial charge >= 0.3 is 0 Å². The lowest BCUT2D eigenvalue weighted by molar-refractivity contribution is 0.0779. The fraction of sp³-hybridized carbons (Fsp3) is 0.133. The zero-order valence-electron chi connectivity index (χ0n) is 11.0. The molecule has 0 aliphatic heterocycles. The molecule has 0 N–H and O–H groups in total. The maximum absolute atomic E-state index is 13.7. The third-order valence-electron chi connectivity index (χ3n) is 2.93. The summed E-state index contributed by atoms with van der Waals surface area (Å²) in [7, 11) is 1.42. The highest BCUT2D eigenvalue weighted by Gasteiger charge is 2.17. The van der Waals surface area contributed by atoms with Gasteiger partial charge in [0.15, 0.2) is 0 Å². The summed E-state index contributed by atoms with van der Waals surface area (Å²) in [6, 6.07) is 7.18. The van der Waals surface area contributed by atoms with Crippen LogP contribution >= 0.6 is 15.9 Å². The standard InChI is InChI=1S/C15H11BrF3NO/c1-20(8-9-2-4-11(17)7-13(9)18)15(21)12-5-3-10(16)6-14(12)19/h2-7H,8H2,1H3. The van der Waals surface area contributed by atoms with Crippen molar-refractivity contribution in [3.8, 4) is 0 Å². The summed E-state index contributed by atoms with van der Waals surface area (Å²) >= 11 is 3.10. The Balaban J connectivity index is 2.19. The van der Waals surface area contributed by atoms with Gasteiger partial charge in [0.2, 0.25) is 0 Å². The molecule has 0 spiro atoms. The molecule has 6 heteroatoms. The Morgan fingerprint density at radius 3 is 2.43 bits per heavy atom. The molecule has 0 radical (unpaired) electrons. The van der Waals surface area contributed by atoms with Crippen molar-refractivity contribution in [3.05, 3.63) is 69.4 Å². The molecule has 2 aromatic carbocycles. The zero-order valence-corrected chi connectivity index (χ0v) is 12.6. The Kier molecular flexibility index (Phi) is 4.67. The molecule has 0 aromatic heterocycles. The van der Waals surface area contributed by atoms with E-state index < -0.39 is 23.4 Å². The quantitative estimate of drug-likeness (QED) is 0.808. The number of carbonyl (C=O) groups excluding carboxylic acids is 1. The second kappa shape index (κ2) is 6.30. The van der Waals surface area contributed by atoms with Gasteiger partial charge in [0, 0.05) is 29.7 Å². The molecule has 0 saturated heterocycles. The summed E-state index contributed by atoms with van der Waals surface area (Å²) in [5, 5.41) is 0. The maximum atomic E-state index is 13.7. The van der Waals surface area contributed by atoms with Crippen LogP contribution < -0.4 is 0 Å². The van der Waals surface area contributed by atoms with Gasteiger partial charge < -0.3 is 4.90 Å². The largest absolute Gasteiger partial charge is 0.337 e. The molecule has 0 atom stereocenters. The Labute approximate surface area is 128 Å². The van der Waals surface area contributed by atoms with Gasteiger partial charge in [-0.3, -0.25) is 4.79 Å². The van der Waals surface area contributed by atoms with E-state index in [0.29, 0.717) is 4.47 Å². The molecule has 2 rings (SSSR count). The first-order chi connectivity index (χ1) is 9.88. The van der Waals surface area contributed by atoms with Crippen LogP contribution in [-0.2, 0) is 6.54 Å². The molecule has 0 heterocycles. The molecule has 0 unspecified atom stereocenters. The van der Waals surface area contributed by atoms with Crippen molar-refractivity contribution in [3.63, 3.8) is 0 Å². The molecular formula is C15H11BrF3NO. The maximum Gasteiger partial charge on any atom is 0.256 e. The van der Waals surface area contributed by atoms with Crippen LogP contribution in [0.15, 0.2) is 40.9 Å². The summed E-state index contributed by atoms with van der Waals surface area (Å²) in [6.45, 7) is -0.0829. The van der Waals surface area contributed by atoms with Crippen LogP contribution in [0, 0.1) is 17.5 Å². The topological polar surface area (TPSA) is 20.3 Å². The minimum absolute atomic E-state index is 0.0829. The second-order valence-electron chi connectivity index (χ2n) is 4.52. The molecule has 0 aliphatic rings. The number of hydrogen-bond donors (Lipinski definition) is 0. The normalized spacial score (nSPS) is 10.5. The number of hydrogen-bond acceptors (Lipinski definition) is 1. The first kappa shape index (κ1) is 15.6. The van der Waals surface area contributed by atoms with Crippen LogP contribution in [0.1, 0.15) is 15.9 Å². The van der Waals surface area contributed by atoms with Crippen LogP contribution in [-0.4, -0.2) is 17.9 Å². The summed E-state index contributed by atoms with van der Waals surface area (Å²) < 4.78 is 40.6. The smallest absolute Gasteiger partial charge is 0.256 e. The third-order valence-corrected chi connectivity index (χ3v) is 3.42. The molecule has 2 nitrogen and oxygen atoms in total. The molecule has 21 heavy (non-hydrogen) atoms. The number of nitrogens with zero attached hydrogens (tertiary/aromatic N) is 1.